The predicted molar refractivity (Wildman–Crippen MR) is 40.9 cm³/mol. The van der Waals surface area contributed by atoms with Gasteiger partial charge in [-0.25, -0.2) is 5.06 Å². The second-order valence-corrected chi connectivity index (χ2v) is 2.46. The van der Waals surface area contributed by atoms with Crippen molar-refractivity contribution in [2.24, 2.45) is 0 Å². The summed E-state index contributed by atoms with van der Waals surface area (Å²) >= 11 is 5.43. The van der Waals surface area contributed by atoms with E-state index in [-0.39, 0.29) is 10.8 Å². The van der Waals surface area contributed by atoms with Crippen LogP contribution in [-0.2, 0) is 0 Å². The Morgan fingerprint density at radius 3 is 2.67 bits per heavy atom. The fourth-order valence-corrected chi connectivity index (χ4v) is 0.697. The van der Waals surface area contributed by atoms with E-state index in [0.29, 0.717) is 5.06 Å². The van der Waals surface area contributed by atoms with Gasteiger partial charge < -0.3 is 0 Å². The van der Waals surface area contributed by atoms with Crippen LogP contribution in [0.25, 0.3) is 0 Å². The highest BCUT2D eigenvalue weighted by Crippen LogP contribution is 2.03. The van der Waals surface area contributed by atoms with Crippen LogP contribution in [-0.4, -0.2) is 33.4 Å². The van der Waals surface area contributed by atoms with Crippen LogP contribution in [0.1, 0.15) is 10.5 Å². The Balaban J connectivity index is 2.90. The summed E-state index contributed by atoms with van der Waals surface area (Å²) < 4.78 is 0. The van der Waals surface area contributed by atoms with Crippen molar-refractivity contribution < 1.29 is 10.0 Å². The topological polar surface area (TPSA) is 66.3 Å². The average Bonchev–Trinajstić information content (AvgIpc) is 2.04. The quantitative estimate of drug-likeness (QED) is 0.516. The van der Waals surface area contributed by atoms with Gasteiger partial charge in [0.05, 0.1) is 0 Å². The van der Waals surface area contributed by atoms with Gasteiger partial charge in [-0.1, -0.05) is 11.6 Å². The molecule has 1 rings (SSSR count). The number of hydrogen-bond acceptors (Lipinski definition) is 4. The van der Waals surface area contributed by atoms with E-state index in [1.54, 1.807) is 0 Å². The van der Waals surface area contributed by atoms with Gasteiger partial charge in [-0.2, -0.15) is 0 Å². The number of halogens is 1. The minimum Gasteiger partial charge on any atom is -0.286 e. The molecule has 0 saturated heterocycles. The smallest absolute Gasteiger partial charge is 0.286 e. The minimum atomic E-state index is -0.626. The van der Waals surface area contributed by atoms with E-state index in [0.717, 1.165) is 0 Å². The second kappa shape index (κ2) is 3.46. The normalized spacial score (nSPS) is 9.58. The zero-order valence-corrected chi connectivity index (χ0v) is 6.99. The van der Waals surface area contributed by atoms with E-state index in [1.807, 2.05) is 0 Å². The summed E-state index contributed by atoms with van der Waals surface area (Å²) in [5.74, 6) is -0.626. The first kappa shape index (κ1) is 8.89. The van der Waals surface area contributed by atoms with Gasteiger partial charge in [0.15, 0.2) is 10.8 Å². The molecule has 1 N–H and O–H groups in total. The first-order valence-corrected chi connectivity index (χ1v) is 3.45. The molecule has 1 heterocycles. The van der Waals surface area contributed by atoms with Crippen molar-refractivity contribution in [2.45, 2.75) is 0 Å². The Labute approximate surface area is 73.5 Å². The second-order valence-electron chi connectivity index (χ2n) is 2.07. The number of rotatable bonds is 1. The number of aromatic nitrogens is 2. The van der Waals surface area contributed by atoms with Gasteiger partial charge >= 0.3 is 0 Å². The number of amides is 1. The Morgan fingerprint density at radius 1 is 1.58 bits per heavy atom. The molecule has 0 aliphatic heterocycles. The van der Waals surface area contributed by atoms with Gasteiger partial charge in [-0.15, -0.1) is 10.2 Å². The predicted octanol–water partition coefficient (Wildman–Crippen LogP) is 0.591. The van der Waals surface area contributed by atoms with Crippen molar-refractivity contribution in [1.82, 2.24) is 15.3 Å². The van der Waals surface area contributed by atoms with Crippen LogP contribution in [0.5, 0.6) is 0 Å². The summed E-state index contributed by atoms with van der Waals surface area (Å²) in [5.41, 5.74) is 0.0457. The molecule has 0 fully saturated rings. The SMILES string of the molecule is CN(O)C(=O)c1ccc(Cl)nn1. The van der Waals surface area contributed by atoms with Crippen LogP contribution in [0.4, 0.5) is 0 Å². The molecule has 0 aliphatic rings. The average molecular weight is 188 g/mol. The maximum atomic E-state index is 11.0. The van der Waals surface area contributed by atoms with Crippen molar-refractivity contribution in [2.75, 3.05) is 7.05 Å². The highest BCUT2D eigenvalue weighted by atomic mass is 35.5. The van der Waals surface area contributed by atoms with Crippen molar-refractivity contribution >= 4 is 17.5 Å². The Bertz CT molecular complexity index is 285. The summed E-state index contributed by atoms with van der Waals surface area (Å²) in [6, 6.07) is 2.80. The standard InChI is InChI=1S/C6H6ClN3O2/c1-10(12)6(11)4-2-3-5(7)9-8-4/h2-3,12H,1H3. The third-order valence-corrected chi connectivity index (χ3v) is 1.35. The van der Waals surface area contributed by atoms with Gasteiger partial charge in [0.2, 0.25) is 0 Å². The Morgan fingerprint density at radius 2 is 2.25 bits per heavy atom. The molecule has 0 atom stereocenters. The maximum Gasteiger partial charge on any atom is 0.297 e. The van der Waals surface area contributed by atoms with E-state index in [2.05, 4.69) is 10.2 Å². The van der Waals surface area contributed by atoms with Crippen LogP contribution < -0.4 is 0 Å². The maximum absolute atomic E-state index is 11.0. The van der Waals surface area contributed by atoms with Crippen LogP contribution >= 0.6 is 11.6 Å². The summed E-state index contributed by atoms with van der Waals surface area (Å²) in [5, 5.41) is 16.3. The zero-order chi connectivity index (χ0) is 9.14. The lowest BCUT2D eigenvalue weighted by molar-refractivity contribution is -0.0380. The van der Waals surface area contributed by atoms with Gasteiger partial charge in [-0.05, 0) is 12.1 Å². The molecule has 0 saturated carbocycles. The van der Waals surface area contributed by atoms with Crippen LogP contribution in [0.2, 0.25) is 5.15 Å². The van der Waals surface area contributed by atoms with E-state index in [4.69, 9.17) is 16.8 Å². The fourth-order valence-electron chi connectivity index (χ4n) is 0.596. The molecule has 1 aromatic rings. The van der Waals surface area contributed by atoms with Crippen molar-refractivity contribution in [3.63, 3.8) is 0 Å². The fraction of sp³-hybridized carbons (Fsp3) is 0.167. The molecule has 5 nitrogen and oxygen atoms in total. The zero-order valence-electron chi connectivity index (χ0n) is 6.23. The lowest BCUT2D eigenvalue weighted by Crippen LogP contribution is -2.23. The molecule has 64 valence electrons. The summed E-state index contributed by atoms with van der Waals surface area (Å²) in [6.07, 6.45) is 0. The Hall–Kier alpha value is -1.20. The number of hydrogen-bond donors (Lipinski definition) is 1. The lowest BCUT2D eigenvalue weighted by atomic mass is 10.4. The van der Waals surface area contributed by atoms with Crippen molar-refractivity contribution in [3.05, 3.63) is 23.0 Å². The molecule has 0 aromatic carbocycles. The molecule has 1 aromatic heterocycles. The molecule has 0 spiro atoms. The van der Waals surface area contributed by atoms with Crippen molar-refractivity contribution in [3.8, 4) is 0 Å². The van der Waals surface area contributed by atoms with Crippen LogP contribution in [0.15, 0.2) is 12.1 Å². The number of carbonyl (C=O) groups excluding carboxylic acids is 1. The molecule has 12 heavy (non-hydrogen) atoms. The Kier molecular flexibility index (Phi) is 2.57. The largest absolute Gasteiger partial charge is 0.297 e. The van der Waals surface area contributed by atoms with E-state index < -0.39 is 5.91 Å². The van der Waals surface area contributed by atoms with E-state index in [1.165, 1.54) is 19.2 Å². The highest BCUT2D eigenvalue weighted by molar-refractivity contribution is 6.29. The molecule has 0 bridgehead atoms. The summed E-state index contributed by atoms with van der Waals surface area (Å²) in [6.45, 7) is 0. The van der Waals surface area contributed by atoms with E-state index in [9.17, 15) is 4.79 Å². The molecule has 6 heteroatoms. The lowest BCUT2D eigenvalue weighted by Gasteiger charge is -2.05. The van der Waals surface area contributed by atoms with Crippen molar-refractivity contribution in [1.29, 1.82) is 0 Å². The van der Waals surface area contributed by atoms with E-state index >= 15 is 0 Å². The number of hydroxylamine groups is 2. The number of carbonyl (C=O) groups is 1. The molecular weight excluding hydrogens is 182 g/mol. The van der Waals surface area contributed by atoms with Gasteiger partial charge in [-0.3, -0.25) is 10.0 Å². The molecular formula is C6H6ClN3O2. The first-order chi connectivity index (χ1) is 5.61. The van der Waals surface area contributed by atoms with Crippen LogP contribution in [0.3, 0.4) is 0 Å². The molecule has 1 amide bonds. The van der Waals surface area contributed by atoms with Gasteiger partial charge in [0, 0.05) is 7.05 Å². The third kappa shape index (κ3) is 1.90. The molecule has 0 aliphatic carbocycles. The van der Waals surface area contributed by atoms with Crippen LogP contribution in [0, 0.1) is 0 Å². The van der Waals surface area contributed by atoms with Gasteiger partial charge in [0.1, 0.15) is 0 Å². The first-order valence-electron chi connectivity index (χ1n) is 3.07. The van der Waals surface area contributed by atoms with Gasteiger partial charge in [0.25, 0.3) is 5.91 Å². The molecule has 0 radical (unpaired) electrons. The third-order valence-electron chi connectivity index (χ3n) is 1.15. The summed E-state index contributed by atoms with van der Waals surface area (Å²) in [4.78, 5) is 11.0. The monoisotopic (exact) mass is 187 g/mol. The number of nitrogens with zero attached hydrogens (tertiary/aromatic N) is 3. The minimum absolute atomic E-state index is 0.0457. The molecule has 0 unspecified atom stereocenters. The highest BCUT2D eigenvalue weighted by Gasteiger charge is 2.10. The summed E-state index contributed by atoms with van der Waals surface area (Å²) in [7, 11) is 1.21.